The fraction of sp³-hybridized carbons (Fsp3) is 0.304. The van der Waals surface area contributed by atoms with E-state index in [0.717, 1.165) is 10.9 Å². The molecule has 0 bridgehead atoms. The van der Waals surface area contributed by atoms with Gasteiger partial charge < -0.3 is 10.1 Å². The van der Waals surface area contributed by atoms with Gasteiger partial charge in [-0.25, -0.2) is 8.42 Å². The Bertz CT molecular complexity index is 1220. The standard InChI is InChI=1S/C23H25N3O4S/c1-16-10-11-20(30-2)19(14-16)25-23(27)18-8-5-13-26(15-18)31(28,29)21-9-3-6-17-7-4-12-24-22(17)21/h3-4,6-7,9-12,14,18H,5,8,13,15H2,1-2H3,(H,25,27)/t18-/m0/s1. The Labute approximate surface area is 182 Å². The van der Waals surface area contributed by atoms with Crippen LogP contribution < -0.4 is 10.1 Å². The number of benzene rings is 2. The van der Waals surface area contributed by atoms with Crippen LogP contribution >= 0.6 is 0 Å². The van der Waals surface area contributed by atoms with Gasteiger partial charge in [0.15, 0.2) is 0 Å². The summed E-state index contributed by atoms with van der Waals surface area (Å²) in [6, 6.07) is 14.3. The molecular weight excluding hydrogens is 414 g/mol. The second-order valence-electron chi connectivity index (χ2n) is 7.73. The van der Waals surface area contributed by atoms with Crippen LogP contribution in [0.1, 0.15) is 18.4 Å². The summed E-state index contributed by atoms with van der Waals surface area (Å²) in [6.07, 6.45) is 2.82. The summed E-state index contributed by atoms with van der Waals surface area (Å²) in [7, 11) is -2.23. The van der Waals surface area contributed by atoms with Gasteiger partial charge in [0.2, 0.25) is 15.9 Å². The predicted molar refractivity (Wildman–Crippen MR) is 120 cm³/mol. The minimum atomic E-state index is -3.78. The number of para-hydroxylation sites is 1. The smallest absolute Gasteiger partial charge is 0.245 e. The fourth-order valence-corrected chi connectivity index (χ4v) is 5.64. The van der Waals surface area contributed by atoms with Gasteiger partial charge in [-0.2, -0.15) is 4.31 Å². The number of amides is 1. The third kappa shape index (κ3) is 4.26. The first-order valence-corrected chi connectivity index (χ1v) is 11.6. The number of fused-ring (bicyclic) bond motifs is 1. The van der Waals surface area contributed by atoms with Gasteiger partial charge in [-0.1, -0.05) is 24.3 Å². The van der Waals surface area contributed by atoms with E-state index in [2.05, 4.69) is 10.3 Å². The zero-order chi connectivity index (χ0) is 22.0. The molecule has 2 heterocycles. The van der Waals surface area contributed by atoms with Crippen molar-refractivity contribution in [1.29, 1.82) is 0 Å². The van der Waals surface area contributed by atoms with Gasteiger partial charge in [0.1, 0.15) is 10.6 Å². The number of ether oxygens (including phenoxy) is 1. The van der Waals surface area contributed by atoms with Crippen LogP contribution in [0.5, 0.6) is 5.75 Å². The van der Waals surface area contributed by atoms with E-state index in [1.54, 1.807) is 37.6 Å². The Hall–Kier alpha value is -2.97. The Balaban J connectivity index is 1.57. The molecule has 7 nitrogen and oxygen atoms in total. The van der Waals surface area contributed by atoms with E-state index in [1.165, 1.54) is 4.31 Å². The number of hydrogen-bond donors (Lipinski definition) is 1. The van der Waals surface area contributed by atoms with Gasteiger partial charge >= 0.3 is 0 Å². The molecule has 0 radical (unpaired) electrons. The molecule has 31 heavy (non-hydrogen) atoms. The summed E-state index contributed by atoms with van der Waals surface area (Å²) in [6.45, 7) is 2.44. The van der Waals surface area contributed by atoms with Crippen molar-refractivity contribution in [2.45, 2.75) is 24.7 Å². The number of sulfonamides is 1. The number of carbonyl (C=O) groups excluding carboxylic acids is 1. The third-order valence-electron chi connectivity index (χ3n) is 5.58. The molecular formula is C23H25N3O4S. The molecule has 1 atom stereocenters. The summed E-state index contributed by atoms with van der Waals surface area (Å²) in [5, 5.41) is 3.68. The number of aryl methyl sites for hydroxylation is 1. The van der Waals surface area contributed by atoms with Gasteiger partial charge in [0.25, 0.3) is 0 Å². The lowest BCUT2D eigenvalue weighted by Gasteiger charge is -2.31. The maximum Gasteiger partial charge on any atom is 0.245 e. The summed E-state index contributed by atoms with van der Waals surface area (Å²) < 4.78 is 33.5. The van der Waals surface area contributed by atoms with Crippen LogP contribution in [0.25, 0.3) is 10.9 Å². The monoisotopic (exact) mass is 439 g/mol. The van der Waals surface area contributed by atoms with E-state index >= 15 is 0 Å². The topological polar surface area (TPSA) is 88.6 Å². The van der Waals surface area contributed by atoms with E-state index in [-0.39, 0.29) is 17.3 Å². The molecule has 1 fully saturated rings. The molecule has 3 aromatic rings. The van der Waals surface area contributed by atoms with Gasteiger partial charge in [-0.3, -0.25) is 9.78 Å². The Kier molecular flexibility index (Phi) is 5.93. The van der Waals surface area contributed by atoms with Crippen molar-refractivity contribution >= 4 is 32.5 Å². The number of pyridine rings is 1. The minimum Gasteiger partial charge on any atom is -0.495 e. The number of piperidine rings is 1. The average molecular weight is 440 g/mol. The van der Waals surface area contributed by atoms with Crippen molar-refractivity contribution in [3.05, 3.63) is 60.3 Å². The highest BCUT2D eigenvalue weighted by molar-refractivity contribution is 7.89. The Morgan fingerprint density at radius 3 is 2.81 bits per heavy atom. The predicted octanol–water partition coefficient (Wildman–Crippen LogP) is 3.59. The molecule has 1 aliphatic heterocycles. The first kappa shape index (κ1) is 21.3. The van der Waals surface area contributed by atoms with Crippen LogP contribution in [0.3, 0.4) is 0 Å². The van der Waals surface area contributed by atoms with Crippen LogP contribution in [0, 0.1) is 12.8 Å². The minimum absolute atomic E-state index is 0.130. The van der Waals surface area contributed by atoms with Crippen molar-refractivity contribution in [2.24, 2.45) is 5.92 Å². The van der Waals surface area contributed by atoms with E-state index < -0.39 is 15.9 Å². The van der Waals surface area contributed by atoms with Gasteiger partial charge in [-0.05, 0) is 49.6 Å². The van der Waals surface area contributed by atoms with Gasteiger partial charge in [0, 0.05) is 24.7 Å². The number of aromatic nitrogens is 1. The van der Waals surface area contributed by atoms with Gasteiger partial charge in [0.05, 0.1) is 24.2 Å². The third-order valence-corrected chi connectivity index (χ3v) is 7.48. The van der Waals surface area contributed by atoms with E-state index in [4.69, 9.17) is 4.74 Å². The van der Waals surface area contributed by atoms with Crippen LogP contribution in [0.15, 0.2) is 59.6 Å². The molecule has 4 rings (SSSR count). The second-order valence-corrected chi connectivity index (χ2v) is 9.63. The number of hydrogen-bond acceptors (Lipinski definition) is 5. The summed E-state index contributed by atoms with van der Waals surface area (Å²) in [4.78, 5) is 17.4. The molecule has 2 aromatic carbocycles. The highest BCUT2D eigenvalue weighted by atomic mass is 32.2. The summed E-state index contributed by atoms with van der Waals surface area (Å²) in [5.74, 6) is -0.0856. The maximum absolute atomic E-state index is 13.4. The van der Waals surface area contributed by atoms with Crippen LogP contribution in [0.4, 0.5) is 5.69 Å². The second kappa shape index (κ2) is 8.64. The SMILES string of the molecule is COc1ccc(C)cc1NC(=O)[C@H]1CCCN(S(=O)(=O)c2cccc3cccnc23)C1. The molecule has 1 aromatic heterocycles. The molecule has 1 saturated heterocycles. The molecule has 0 spiro atoms. The van der Waals surface area contributed by atoms with Gasteiger partial charge in [-0.15, -0.1) is 0 Å². The van der Waals surface area contributed by atoms with Crippen molar-refractivity contribution in [2.75, 3.05) is 25.5 Å². The summed E-state index contributed by atoms with van der Waals surface area (Å²) in [5.41, 5.74) is 2.03. The van der Waals surface area contributed by atoms with Crippen LogP contribution in [-0.4, -0.2) is 43.8 Å². The Morgan fingerprint density at radius 2 is 2.00 bits per heavy atom. The number of anilines is 1. The average Bonchev–Trinajstić information content (AvgIpc) is 2.79. The number of nitrogens with one attached hydrogen (secondary N) is 1. The number of rotatable bonds is 5. The molecule has 1 aliphatic rings. The quantitative estimate of drug-likeness (QED) is 0.656. The van der Waals surface area contributed by atoms with Crippen LogP contribution in [0.2, 0.25) is 0 Å². The first-order chi connectivity index (χ1) is 14.9. The molecule has 0 unspecified atom stereocenters. The Morgan fingerprint density at radius 1 is 1.19 bits per heavy atom. The molecule has 0 saturated carbocycles. The molecule has 162 valence electrons. The lowest BCUT2D eigenvalue weighted by atomic mass is 9.98. The van der Waals surface area contributed by atoms with E-state index in [1.807, 2.05) is 31.2 Å². The lowest BCUT2D eigenvalue weighted by molar-refractivity contribution is -0.120. The zero-order valence-corrected chi connectivity index (χ0v) is 18.4. The first-order valence-electron chi connectivity index (χ1n) is 10.2. The van der Waals surface area contributed by atoms with Crippen LogP contribution in [-0.2, 0) is 14.8 Å². The molecule has 0 aliphatic carbocycles. The van der Waals surface area contributed by atoms with Crippen molar-refractivity contribution in [3.63, 3.8) is 0 Å². The number of nitrogens with zero attached hydrogens (tertiary/aromatic N) is 2. The van der Waals surface area contributed by atoms with Crippen molar-refractivity contribution in [3.8, 4) is 5.75 Å². The molecule has 1 amide bonds. The molecule has 1 N–H and O–H groups in total. The fourth-order valence-electron chi connectivity index (χ4n) is 3.95. The number of methoxy groups -OCH3 is 1. The molecule has 8 heteroatoms. The number of carbonyl (C=O) groups is 1. The van der Waals surface area contributed by atoms with Crippen molar-refractivity contribution in [1.82, 2.24) is 9.29 Å². The van der Waals surface area contributed by atoms with Crippen molar-refractivity contribution < 1.29 is 17.9 Å². The maximum atomic E-state index is 13.4. The lowest BCUT2D eigenvalue weighted by Crippen LogP contribution is -2.43. The zero-order valence-electron chi connectivity index (χ0n) is 17.5. The van der Waals surface area contributed by atoms with E-state index in [9.17, 15) is 13.2 Å². The highest BCUT2D eigenvalue weighted by Gasteiger charge is 2.34. The van der Waals surface area contributed by atoms with E-state index in [0.29, 0.717) is 36.3 Å². The summed E-state index contributed by atoms with van der Waals surface area (Å²) >= 11 is 0. The largest absolute Gasteiger partial charge is 0.495 e. The normalized spacial score (nSPS) is 17.4. The highest BCUT2D eigenvalue weighted by Crippen LogP contribution is 2.30.